The molecule has 0 aliphatic carbocycles. The minimum absolute atomic E-state index is 0.0881. The van der Waals surface area contributed by atoms with Gasteiger partial charge in [0.25, 0.3) is 0 Å². The molecule has 2 aromatic heterocycles. The summed E-state index contributed by atoms with van der Waals surface area (Å²) in [4.78, 5) is 21.6. The third-order valence-electron chi connectivity index (χ3n) is 1.81. The van der Waals surface area contributed by atoms with E-state index in [-0.39, 0.29) is 10.9 Å². The molecule has 0 N–H and O–H groups in total. The number of hydrogen-bond acceptors (Lipinski definition) is 4. The topological polar surface area (TPSA) is 68.7 Å². The minimum Gasteiger partial charge on any atom is -0.290 e. The maximum absolute atomic E-state index is 10.8. The summed E-state index contributed by atoms with van der Waals surface area (Å²) < 4.78 is 2.78. The maximum Gasteiger partial charge on any atom is 0.181 e. The van der Waals surface area contributed by atoms with Gasteiger partial charge in [-0.1, -0.05) is 0 Å². The second-order valence-electron chi connectivity index (χ2n) is 3.01. The fourth-order valence-electron chi connectivity index (χ4n) is 1.02. The van der Waals surface area contributed by atoms with Crippen molar-refractivity contribution in [1.29, 1.82) is 0 Å². The molecule has 0 fully saturated rings. The van der Waals surface area contributed by atoms with Crippen LogP contribution in [-0.2, 0) is 0 Å². The Labute approximate surface area is 90.1 Å². The molecule has 2 aromatic rings. The van der Waals surface area contributed by atoms with E-state index in [4.69, 9.17) is 0 Å². The largest absolute Gasteiger partial charge is 0.290 e. The molecule has 0 radical (unpaired) electrons. The second-order valence-corrected chi connectivity index (χ2v) is 3.01. The van der Waals surface area contributed by atoms with E-state index < -0.39 is 0 Å². The normalized spacial score (nSPS) is 10.8. The molecule has 0 aliphatic heterocycles. The summed E-state index contributed by atoms with van der Waals surface area (Å²) >= 11 is 0. The SMILES string of the molecule is O=c1ccn(/N=N/n2ccc(=O)cc2)cc1. The van der Waals surface area contributed by atoms with Crippen molar-refractivity contribution in [3.8, 4) is 0 Å². The fourth-order valence-corrected chi connectivity index (χ4v) is 1.02. The van der Waals surface area contributed by atoms with Crippen LogP contribution >= 0.6 is 0 Å². The van der Waals surface area contributed by atoms with Crippen LogP contribution in [0.25, 0.3) is 0 Å². The third kappa shape index (κ3) is 2.50. The molecule has 0 spiro atoms. The van der Waals surface area contributed by atoms with E-state index in [0.717, 1.165) is 0 Å². The Hall–Kier alpha value is -2.50. The van der Waals surface area contributed by atoms with Gasteiger partial charge in [-0.25, -0.2) is 9.35 Å². The van der Waals surface area contributed by atoms with Gasteiger partial charge in [-0.3, -0.25) is 9.59 Å². The van der Waals surface area contributed by atoms with E-state index in [9.17, 15) is 9.59 Å². The summed E-state index contributed by atoms with van der Waals surface area (Å²) in [5, 5.41) is 7.62. The van der Waals surface area contributed by atoms with E-state index >= 15 is 0 Å². The lowest BCUT2D eigenvalue weighted by atomic mass is 10.5. The van der Waals surface area contributed by atoms with Gasteiger partial charge in [0.15, 0.2) is 10.9 Å². The molecule has 0 aromatic carbocycles. The van der Waals surface area contributed by atoms with Gasteiger partial charge in [0.05, 0.1) is 0 Å². The highest BCUT2D eigenvalue weighted by atomic mass is 16.1. The van der Waals surface area contributed by atoms with E-state index in [2.05, 4.69) is 10.4 Å². The molecule has 0 atom stereocenters. The van der Waals surface area contributed by atoms with Crippen LogP contribution in [0.3, 0.4) is 0 Å². The van der Waals surface area contributed by atoms with Gasteiger partial charge in [0, 0.05) is 49.1 Å². The average Bonchev–Trinajstić information content (AvgIpc) is 2.30. The van der Waals surface area contributed by atoms with Gasteiger partial charge < -0.3 is 0 Å². The van der Waals surface area contributed by atoms with Crippen molar-refractivity contribution < 1.29 is 0 Å². The molecule has 2 heterocycles. The molecule has 0 saturated heterocycles. The van der Waals surface area contributed by atoms with E-state index in [1.165, 1.54) is 58.4 Å². The Kier molecular flexibility index (Phi) is 2.73. The summed E-state index contributed by atoms with van der Waals surface area (Å²) in [5.41, 5.74) is -0.176. The Morgan fingerprint density at radius 1 is 0.688 bits per heavy atom. The van der Waals surface area contributed by atoms with Crippen molar-refractivity contribution >= 4 is 0 Å². The highest BCUT2D eigenvalue weighted by molar-refractivity contribution is 4.94. The predicted molar refractivity (Wildman–Crippen MR) is 57.1 cm³/mol. The van der Waals surface area contributed by atoms with Crippen LogP contribution in [0.2, 0.25) is 0 Å². The maximum atomic E-state index is 10.8. The molecule has 0 unspecified atom stereocenters. The third-order valence-corrected chi connectivity index (χ3v) is 1.81. The smallest absolute Gasteiger partial charge is 0.181 e. The first-order valence-corrected chi connectivity index (χ1v) is 4.53. The Balaban J connectivity index is 2.21. The average molecular weight is 216 g/mol. The Morgan fingerprint density at radius 3 is 1.31 bits per heavy atom. The molecule has 0 amide bonds. The van der Waals surface area contributed by atoms with E-state index in [0.29, 0.717) is 0 Å². The molecule has 0 aliphatic rings. The van der Waals surface area contributed by atoms with Crippen LogP contribution < -0.4 is 10.9 Å². The van der Waals surface area contributed by atoms with Crippen LogP contribution in [0.4, 0.5) is 0 Å². The van der Waals surface area contributed by atoms with Gasteiger partial charge in [0.1, 0.15) is 0 Å². The monoisotopic (exact) mass is 216 g/mol. The van der Waals surface area contributed by atoms with Crippen molar-refractivity contribution in [2.24, 2.45) is 10.4 Å². The van der Waals surface area contributed by atoms with Crippen molar-refractivity contribution in [2.45, 2.75) is 0 Å². The Bertz CT molecular complexity index is 531. The quantitative estimate of drug-likeness (QED) is 0.693. The fraction of sp³-hybridized carbons (Fsp3) is 0. The zero-order chi connectivity index (χ0) is 11.4. The summed E-state index contributed by atoms with van der Waals surface area (Å²) in [6.07, 6.45) is 5.98. The summed E-state index contributed by atoms with van der Waals surface area (Å²) in [6, 6.07) is 5.52. The van der Waals surface area contributed by atoms with Crippen LogP contribution in [0.15, 0.2) is 69.1 Å². The first-order chi connectivity index (χ1) is 7.74. The summed E-state index contributed by atoms with van der Waals surface area (Å²) in [6.45, 7) is 0. The minimum atomic E-state index is -0.0881. The number of aromatic nitrogens is 2. The molecule has 16 heavy (non-hydrogen) atoms. The number of nitrogens with zero attached hydrogens (tertiary/aromatic N) is 4. The van der Waals surface area contributed by atoms with Crippen LogP contribution in [-0.4, -0.2) is 9.35 Å². The predicted octanol–water partition coefficient (Wildman–Crippen LogP) is 0.689. The Morgan fingerprint density at radius 2 is 1.00 bits per heavy atom. The van der Waals surface area contributed by atoms with Crippen molar-refractivity contribution in [3.63, 3.8) is 0 Å². The van der Waals surface area contributed by atoms with Crippen molar-refractivity contribution in [1.82, 2.24) is 9.35 Å². The zero-order valence-corrected chi connectivity index (χ0v) is 8.22. The van der Waals surface area contributed by atoms with Crippen LogP contribution in [0, 0.1) is 0 Å². The van der Waals surface area contributed by atoms with Gasteiger partial charge in [-0.05, 0) is 10.4 Å². The lowest BCUT2D eigenvalue weighted by Gasteiger charge is -1.96. The summed E-state index contributed by atoms with van der Waals surface area (Å²) in [5.74, 6) is 0. The van der Waals surface area contributed by atoms with Crippen LogP contribution in [0.1, 0.15) is 0 Å². The molecule has 6 heteroatoms. The lowest BCUT2D eigenvalue weighted by Crippen LogP contribution is -2.01. The number of pyridine rings is 2. The van der Waals surface area contributed by atoms with Gasteiger partial charge >= 0.3 is 0 Å². The zero-order valence-electron chi connectivity index (χ0n) is 8.22. The molecule has 0 saturated carbocycles. The number of rotatable bonds is 2. The van der Waals surface area contributed by atoms with Gasteiger partial charge in [-0.2, -0.15) is 0 Å². The van der Waals surface area contributed by atoms with E-state index in [1.54, 1.807) is 0 Å². The molecule has 6 nitrogen and oxygen atoms in total. The first kappa shape index (κ1) is 10.0. The van der Waals surface area contributed by atoms with Gasteiger partial charge in [0.2, 0.25) is 0 Å². The van der Waals surface area contributed by atoms with Gasteiger partial charge in [-0.15, -0.1) is 0 Å². The molecule has 2 rings (SSSR count). The lowest BCUT2D eigenvalue weighted by molar-refractivity contribution is 0.678. The van der Waals surface area contributed by atoms with E-state index in [1.807, 2.05) is 0 Å². The highest BCUT2D eigenvalue weighted by Crippen LogP contribution is 1.88. The van der Waals surface area contributed by atoms with Crippen molar-refractivity contribution in [2.75, 3.05) is 0 Å². The van der Waals surface area contributed by atoms with Crippen LogP contribution in [0.5, 0.6) is 0 Å². The number of hydrogen-bond donors (Lipinski definition) is 0. The standard InChI is InChI=1S/C10H8N4O2/c15-9-1-5-13(6-2-9)11-12-14-7-3-10(16)4-8-14/h1-8H/b12-11+. The second kappa shape index (κ2) is 4.35. The summed E-state index contributed by atoms with van der Waals surface area (Å²) in [7, 11) is 0. The van der Waals surface area contributed by atoms with Crippen molar-refractivity contribution in [3.05, 3.63) is 69.5 Å². The first-order valence-electron chi connectivity index (χ1n) is 4.53. The molecule has 80 valence electrons. The molecular formula is C10H8N4O2. The highest BCUT2D eigenvalue weighted by Gasteiger charge is 1.86. The molecule has 0 bridgehead atoms. The molecular weight excluding hydrogens is 208 g/mol.